The molecule has 0 aliphatic carbocycles. The van der Waals surface area contributed by atoms with Gasteiger partial charge in [-0.15, -0.1) is 0 Å². The van der Waals surface area contributed by atoms with Gasteiger partial charge < -0.3 is 30.2 Å². The summed E-state index contributed by atoms with van der Waals surface area (Å²) in [5.41, 5.74) is 2.55. The third kappa shape index (κ3) is 8.17. The van der Waals surface area contributed by atoms with E-state index in [2.05, 4.69) is 15.6 Å². The highest BCUT2D eigenvalue weighted by molar-refractivity contribution is 6.31. The number of H-pyrrole nitrogens is 1. The maximum absolute atomic E-state index is 13.6. The van der Waals surface area contributed by atoms with E-state index < -0.39 is 17.7 Å². The highest BCUT2D eigenvalue weighted by atomic mass is 35.5. The summed E-state index contributed by atoms with van der Waals surface area (Å²) in [5.74, 6) is 0.105. The van der Waals surface area contributed by atoms with Crippen molar-refractivity contribution in [2.45, 2.75) is 83.9 Å². The molecule has 5 rings (SSSR count). The summed E-state index contributed by atoms with van der Waals surface area (Å²) in [4.78, 5) is 63.8. The van der Waals surface area contributed by atoms with Crippen LogP contribution in [0.3, 0.4) is 0 Å². The number of alkyl carbamates (subject to hydrolysis) is 1. The molecule has 4 amide bonds. The number of ether oxygens (including phenoxy) is 1. The molecule has 3 aromatic rings. The van der Waals surface area contributed by atoms with Crippen molar-refractivity contribution in [2.75, 3.05) is 26.2 Å². The summed E-state index contributed by atoms with van der Waals surface area (Å²) in [6.07, 6.45) is 3.58. The summed E-state index contributed by atoms with van der Waals surface area (Å²) >= 11 is 6.20. The molecule has 2 fully saturated rings. The predicted molar refractivity (Wildman–Crippen MR) is 176 cm³/mol. The first kappa shape index (κ1) is 33.2. The third-order valence-corrected chi connectivity index (χ3v) is 8.67. The third-order valence-electron chi connectivity index (χ3n) is 8.44. The lowest BCUT2D eigenvalue weighted by Gasteiger charge is -2.27. The average Bonchev–Trinajstić information content (AvgIpc) is 3.77. The number of imidazole rings is 1. The number of hydrogen-bond donors (Lipinski definition) is 3. The summed E-state index contributed by atoms with van der Waals surface area (Å²) in [5, 5.41) is 6.41. The predicted octanol–water partition coefficient (Wildman–Crippen LogP) is 5.53. The van der Waals surface area contributed by atoms with Crippen molar-refractivity contribution in [3.8, 4) is 0 Å². The van der Waals surface area contributed by atoms with Crippen LogP contribution >= 0.6 is 11.6 Å². The van der Waals surface area contributed by atoms with Gasteiger partial charge in [0.2, 0.25) is 5.91 Å². The molecule has 3 heterocycles. The van der Waals surface area contributed by atoms with Crippen molar-refractivity contribution in [3.63, 3.8) is 0 Å². The number of nitrogens with zero attached hydrogens (tertiary/aromatic N) is 3. The summed E-state index contributed by atoms with van der Waals surface area (Å²) in [6, 6.07) is 9.69. The van der Waals surface area contributed by atoms with Gasteiger partial charge in [-0.25, -0.2) is 9.78 Å². The highest BCUT2D eigenvalue weighted by Crippen LogP contribution is 2.26. The smallest absolute Gasteiger partial charge is 0.407 e. The molecule has 3 N–H and O–H groups in total. The zero-order valence-corrected chi connectivity index (χ0v) is 27.7. The minimum Gasteiger partial charge on any atom is -0.444 e. The average molecular weight is 651 g/mol. The van der Waals surface area contributed by atoms with Crippen LogP contribution < -0.4 is 10.6 Å². The maximum Gasteiger partial charge on any atom is 0.407 e. The molecule has 1 aromatic heterocycles. The SMILES string of the molecule is Cc1cc(C(=O)N[C@@H](CCC(=O)N2CCC[C@@H]2CNC(=O)OC(C)(C)C)c2nc3ccc(Cl)cc3[nH]2)ccc1C(=O)N1CCCC1. The second-order valence-corrected chi connectivity index (χ2v) is 13.6. The van der Waals surface area contributed by atoms with Gasteiger partial charge in [0, 0.05) is 54.8 Å². The number of halogens is 1. The second kappa shape index (κ2) is 14.1. The first-order valence-corrected chi connectivity index (χ1v) is 16.4. The number of carbonyl (C=O) groups is 4. The van der Waals surface area contributed by atoms with Crippen molar-refractivity contribution in [3.05, 3.63) is 63.9 Å². The zero-order chi connectivity index (χ0) is 33.0. The van der Waals surface area contributed by atoms with E-state index >= 15 is 0 Å². The van der Waals surface area contributed by atoms with Crippen molar-refractivity contribution < 1.29 is 23.9 Å². The normalized spacial score (nSPS) is 17.3. The van der Waals surface area contributed by atoms with E-state index in [1.165, 1.54) is 0 Å². The van der Waals surface area contributed by atoms with E-state index in [9.17, 15) is 19.2 Å². The Morgan fingerprint density at radius 2 is 1.83 bits per heavy atom. The van der Waals surface area contributed by atoms with Crippen LogP contribution in [0, 0.1) is 6.92 Å². The van der Waals surface area contributed by atoms with Crippen LogP contribution in [-0.2, 0) is 9.53 Å². The van der Waals surface area contributed by atoms with Gasteiger partial charge in [0.1, 0.15) is 11.4 Å². The van der Waals surface area contributed by atoms with Crippen LogP contribution in [0.4, 0.5) is 4.79 Å². The Kier molecular flexibility index (Phi) is 10.2. The van der Waals surface area contributed by atoms with E-state index in [-0.39, 0.29) is 30.2 Å². The molecule has 0 saturated carbocycles. The van der Waals surface area contributed by atoms with E-state index in [1.807, 2.05) is 11.8 Å². The molecule has 11 nitrogen and oxygen atoms in total. The summed E-state index contributed by atoms with van der Waals surface area (Å²) < 4.78 is 5.34. The van der Waals surface area contributed by atoms with Crippen LogP contribution in [-0.4, -0.2) is 81.4 Å². The number of hydrogen-bond acceptors (Lipinski definition) is 6. The minimum atomic E-state index is -0.609. The number of amides is 4. The Balaban J connectivity index is 1.28. The second-order valence-electron chi connectivity index (χ2n) is 13.1. The Morgan fingerprint density at radius 3 is 2.54 bits per heavy atom. The van der Waals surface area contributed by atoms with Crippen LogP contribution in [0.15, 0.2) is 36.4 Å². The lowest BCUT2D eigenvalue weighted by atomic mass is 10.0. The molecule has 2 aliphatic rings. The zero-order valence-electron chi connectivity index (χ0n) is 27.0. The minimum absolute atomic E-state index is 0.0132. The van der Waals surface area contributed by atoms with Crippen LogP contribution in [0.25, 0.3) is 11.0 Å². The number of carbonyl (C=O) groups excluding carboxylic acids is 4. The van der Waals surface area contributed by atoms with Gasteiger partial charge in [0.05, 0.1) is 17.1 Å². The van der Waals surface area contributed by atoms with Gasteiger partial charge >= 0.3 is 6.09 Å². The fourth-order valence-electron chi connectivity index (χ4n) is 6.12. The molecule has 2 aliphatic heterocycles. The standard InChI is InChI=1S/C34H43ClN6O5/c1-21-18-22(9-11-25(21)32(44)40-15-5-6-16-40)31(43)39-27(30-37-26-12-10-23(35)19-28(26)38-30)13-14-29(42)41-17-7-8-24(41)20-36-33(45)46-34(2,3)4/h9-12,18-19,24,27H,5-8,13-17,20H2,1-4H3,(H,36,45)(H,37,38)(H,39,43)/t24-,27+/m1/s1. The van der Waals surface area contributed by atoms with Crippen molar-refractivity contribution >= 4 is 46.4 Å². The van der Waals surface area contributed by atoms with Crippen molar-refractivity contribution in [1.29, 1.82) is 0 Å². The first-order valence-electron chi connectivity index (χ1n) is 16.0. The fraction of sp³-hybridized carbons (Fsp3) is 0.500. The Labute approximate surface area is 274 Å². The molecule has 2 atom stereocenters. The lowest BCUT2D eigenvalue weighted by molar-refractivity contribution is -0.132. The molecule has 246 valence electrons. The van der Waals surface area contributed by atoms with Crippen molar-refractivity contribution in [2.24, 2.45) is 0 Å². The summed E-state index contributed by atoms with van der Waals surface area (Å²) in [7, 11) is 0. The molecule has 2 saturated heterocycles. The van der Waals surface area contributed by atoms with Gasteiger partial charge in [0.15, 0.2) is 0 Å². The maximum atomic E-state index is 13.6. The molecule has 0 radical (unpaired) electrons. The number of aromatic nitrogens is 2. The molecule has 12 heteroatoms. The van der Waals surface area contributed by atoms with Crippen LogP contribution in [0.2, 0.25) is 5.02 Å². The van der Waals surface area contributed by atoms with E-state index in [4.69, 9.17) is 21.3 Å². The molecular formula is C34H43ClN6O5. The van der Waals surface area contributed by atoms with Crippen LogP contribution in [0.1, 0.15) is 97.4 Å². The monoisotopic (exact) mass is 650 g/mol. The number of aryl methyl sites for hydroxylation is 1. The van der Waals surface area contributed by atoms with Crippen molar-refractivity contribution in [1.82, 2.24) is 30.4 Å². The quantitative estimate of drug-likeness (QED) is 0.279. The van der Waals surface area contributed by atoms with Gasteiger partial charge in [-0.1, -0.05) is 11.6 Å². The highest BCUT2D eigenvalue weighted by Gasteiger charge is 2.31. The van der Waals surface area contributed by atoms with E-state index in [0.717, 1.165) is 49.9 Å². The van der Waals surface area contributed by atoms with Gasteiger partial charge in [-0.2, -0.15) is 0 Å². The Hall–Kier alpha value is -4.12. The molecule has 0 bridgehead atoms. The van der Waals surface area contributed by atoms with Crippen LogP contribution in [0.5, 0.6) is 0 Å². The Morgan fingerprint density at radius 1 is 1.07 bits per heavy atom. The van der Waals surface area contributed by atoms with Gasteiger partial charge in [-0.3, -0.25) is 14.4 Å². The number of nitrogens with one attached hydrogen (secondary N) is 3. The Bertz CT molecular complexity index is 1610. The number of benzene rings is 2. The van der Waals surface area contributed by atoms with Gasteiger partial charge in [-0.05, 0) is 102 Å². The van der Waals surface area contributed by atoms with Gasteiger partial charge in [0.25, 0.3) is 11.8 Å². The fourth-order valence-corrected chi connectivity index (χ4v) is 6.30. The number of fused-ring (bicyclic) bond motifs is 1. The summed E-state index contributed by atoms with van der Waals surface area (Å²) in [6.45, 7) is 9.65. The number of likely N-dealkylation sites (tertiary alicyclic amines) is 2. The molecule has 0 unspecified atom stereocenters. The lowest BCUT2D eigenvalue weighted by Crippen LogP contribution is -2.44. The number of aromatic amines is 1. The first-order chi connectivity index (χ1) is 21.9. The molecular weight excluding hydrogens is 608 g/mol. The molecule has 46 heavy (non-hydrogen) atoms. The molecule has 0 spiro atoms. The largest absolute Gasteiger partial charge is 0.444 e. The van der Waals surface area contributed by atoms with E-state index in [1.54, 1.807) is 62.1 Å². The number of rotatable bonds is 9. The van der Waals surface area contributed by atoms with E-state index in [0.29, 0.717) is 47.0 Å². The molecule has 2 aromatic carbocycles. The topological polar surface area (TPSA) is 137 Å².